The van der Waals surface area contributed by atoms with E-state index in [4.69, 9.17) is 10.2 Å². The summed E-state index contributed by atoms with van der Waals surface area (Å²) < 4.78 is 50.7. The van der Waals surface area contributed by atoms with Gasteiger partial charge in [-0.2, -0.15) is 13.2 Å². The SMILES string of the molecule is O=C(O)c1ccnc(N(CCO)CC(F)(F)F)c1F. The lowest BCUT2D eigenvalue weighted by Gasteiger charge is -2.24. The van der Waals surface area contributed by atoms with E-state index in [9.17, 15) is 22.4 Å². The van der Waals surface area contributed by atoms with Crippen LogP contribution in [0.1, 0.15) is 10.4 Å². The first kappa shape index (κ1) is 15.2. The van der Waals surface area contributed by atoms with Crippen LogP contribution in [0.4, 0.5) is 23.4 Å². The molecule has 0 atom stereocenters. The Hall–Kier alpha value is -1.90. The molecule has 1 rings (SSSR count). The molecule has 0 aliphatic carbocycles. The number of pyridine rings is 1. The Morgan fingerprint density at radius 1 is 1.42 bits per heavy atom. The van der Waals surface area contributed by atoms with E-state index in [2.05, 4.69) is 4.98 Å². The maximum atomic E-state index is 13.7. The summed E-state index contributed by atoms with van der Waals surface area (Å²) in [4.78, 5) is 14.5. The van der Waals surface area contributed by atoms with Gasteiger partial charge >= 0.3 is 12.1 Å². The van der Waals surface area contributed by atoms with Crippen molar-refractivity contribution in [3.8, 4) is 0 Å². The summed E-state index contributed by atoms with van der Waals surface area (Å²) in [7, 11) is 0. The Bertz CT molecular complexity index is 465. The fourth-order valence-corrected chi connectivity index (χ4v) is 1.42. The van der Waals surface area contributed by atoms with Crippen molar-refractivity contribution in [1.82, 2.24) is 4.98 Å². The van der Waals surface area contributed by atoms with Gasteiger partial charge in [-0.3, -0.25) is 0 Å². The van der Waals surface area contributed by atoms with Crippen molar-refractivity contribution in [2.75, 3.05) is 24.6 Å². The number of rotatable bonds is 5. The van der Waals surface area contributed by atoms with Crippen molar-refractivity contribution in [1.29, 1.82) is 0 Å². The maximum absolute atomic E-state index is 13.7. The van der Waals surface area contributed by atoms with Gasteiger partial charge in [-0.15, -0.1) is 0 Å². The number of carboxylic acid groups (broad SMARTS) is 1. The standard InChI is InChI=1S/C10H10F4N2O3/c11-7-6(9(18)19)1-2-15-8(7)16(3-4-17)5-10(12,13)14/h1-2,17H,3-5H2,(H,18,19). The number of anilines is 1. The van der Waals surface area contributed by atoms with Crippen molar-refractivity contribution in [3.05, 3.63) is 23.6 Å². The van der Waals surface area contributed by atoms with E-state index in [0.29, 0.717) is 4.90 Å². The van der Waals surface area contributed by atoms with Crippen LogP contribution in [0, 0.1) is 5.82 Å². The number of hydrogen-bond acceptors (Lipinski definition) is 4. The molecule has 0 spiro atoms. The maximum Gasteiger partial charge on any atom is 0.405 e. The largest absolute Gasteiger partial charge is 0.478 e. The van der Waals surface area contributed by atoms with Gasteiger partial charge in [0.1, 0.15) is 12.1 Å². The highest BCUT2D eigenvalue weighted by atomic mass is 19.4. The zero-order chi connectivity index (χ0) is 14.6. The molecule has 0 aromatic carbocycles. The zero-order valence-corrected chi connectivity index (χ0v) is 9.48. The molecule has 0 unspecified atom stereocenters. The highest BCUT2D eigenvalue weighted by molar-refractivity contribution is 5.88. The van der Waals surface area contributed by atoms with Crippen molar-refractivity contribution >= 4 is 11.8 Å². The second-order valence-electron chi connectivity index (χ2n) is 3.56. The predicted octanol–water partition coefficient (Wildman–Crippen LogP) is 1.28. The topological polar surface area (TPSA) is 73.7 Å². The first-order valence-corrected chi connectivity index (χ1v) is 5.06. The van der Waals surface area contributed by atoms with E-state index in [1.165, 1.54) is 0 Å². The third kappa shape index (κ3) is 4.05. The molecule has 0 fully saturated rings. The molecule has 0 bridgehead atoms. The Morgan fingerprint density at radius 2 is 2.05 bits per heavy atom. The molecule has 1 heterocycles. The minimum absolute atomic E-state index is 0.432. The van der Waals surface area contributed by atoms with Crippen molar-refractivity contribution < 1.29 is 32.6 Å². The van der Waals surface area contributed by atoms with Gasteiger partial charge in [0.05, 0.1) is 6.61 Å². The monoisotopic (exact) mass is 282 g/mol. The Balaban J connectivity index is 3.16. The lowest BCUT2D eigenvalue weighted by molar-refractivity contribution is -0.120. The molecule has 2 N–H and O–H groups in total. The minimum Gasteiger partial charge on any atom is -0.478 e. The van der Waals surface area contributed by atoms with Gasteiger partial charge in [-0.05, 0) is 6.07 Å². The summed E-state index contributed by atoms with van der Waals surface area (Å²) in [6.07, 6.45) is -3.74. The molecular weight excluding hydrogens is 272 g/mol. The number of hydrogen-bond donors (Lipinski definition) is 2. The molecule has 1 aromatic heterocycles. The van der Waals surface area contributed by atoms with Gasteiger partial charge in [-0.1, -0.05) is 0 Å². The number of carbonyl (C=O) groups is 1. The summed E-state index contributed by atoms with van der Waals surface area (Å²) >= 11 is 0. The number of alkyl halides is 3. The molecule has 0 saturated heterocycles. The zero-order valence-electron chi connectivity index (χ0n) is 9.48. The van der Waals surface area contributed by atoms with Crippen LogP contribution in [0.2, 0.25) is 0 Å². The Morgan fingerprint density at radius 3 is 2.53 bits per heavy atom. The van der Waals surface area contributed by atoms with Gasteiger partial charge in [0.15, 0.2) is 11.6 Å². The molecular formula is C10H10F4N2O3. The average molecular weight is 282 g/mol. The molecule has 0 amide bonds. The summed E-state index contributed by atoms with van der Waals surface area (Å²) in [6.45, 7) is -2.72. The molecule has 9 heteroatoms. The van der Waals surface area contributed by atoms with Crippen molar-refractivity contribution in [2.45, 2.75) is 6.18 Å². The number of aromatic nitrogens is 1. The molecule has 0 radical (unpaired) electrons. The van der Waals surface area contributed by atoms with Gasteiger partial charge in [0, 0.05) is 12.7 Å². The smallest absolute Gasteiger partial charge is 0.405 e. The quantitative estimate of drug-likeness (QED) is 0.796. The first-order chi connectivity index (χ1) is 8.76. The van der Waals surface area contributed by atoms with Crippen molar-refractivity contribution in [2.24, 2.45) is 0 Å². The van der Waals surface area contributed by atoms with E-state index in [0.717, 1.165) is 12.3 Å². The van der Waals surface area contributed by atoms with Crippen LogP contribution >= 0.6 is 0 Å². The second-order valence-corrected chi connectivity index (χ2v) is 3.56. The number of aliphatic hydroxyl groups excluding tert-OH is 1. The summed E-state index contributed by atoms with van der Waals surface area (Å²) in [5.41, 5.74) is -0.782. The van der Waals surface area contributed by atoms with Gasteiger partial charge < -0.3 is 15.1 Å². The molecule has 106 valence electrons. The van der Waals surface area contributed by atoms with E-state index >= 15 is 0 Å². The van der Waals surface area contributed by atoms with E-state index in [1.54, 1.807) is 0 Å². The van der Waals surface area contributed by atoms with Gasteiger partial charge in [0.2, 0.25) is 0 Å². The lowest BCUT2D eigenvalue weighted by atomic mass is 10.2. The first-order valence-electron chi connectivity index (χ1n) is 5.06. The number of aliphatic hydroxyl groups is 1. The molecule has 0 saturated carbocycles. The van der Waals surface area contributed by atoms with Gasteiger partial charge in [0.25, 0.3) is 0 Å². The van der Waals surface area contributed by atoms with Gasteiger partial charge in [-0.25, -0.2) is 14.2 Å². The van der Waals surface area contributed by atoms with Crippen molar-refractivity contribution in [3.63, 3.8) is 0 Å². The van der Waals surface area contributed by atoms with Crippen LogP contribution < -0.4 is 4.90 Å². The average Bonchev–Trinajstić information content (AvgIpc) is 2.26. The molecule has 5 nitrogen and oxygen atoms in total. The minimum atomic E-state index is -4.64. The normalized spacial score (nSPS) is 11.4. The highest BCUT2D eigenvalue weighted by Gasteiger charge is 2.33. The number of nitrogens with zero attached hydrogens (tertiary/aromatic N) is 2. The molecule has 1 aromatic rings. The van der Waals surface area contributed by atoms with E-state index in [-0.39, 0.29) is 0 Å². The van der Waals surface area contributed by atoms with E-state index in [1.807, 2.05) is 0 Å². The number of aromatic carboxylic acids is 1. The number of halogens is 4. The molecule has 19 heavy (non-hydrogen) atoms. The van der Waals surface area contributed by atoms with Crippen LogP contribution in [0.3, 0.4) is 0 Å². The third-order valence-electron chi connectivity index (χ3n) is 2.14. The summed E-state index contributed by atoms with van der Waals surface area (Å²) in [5.74, 6) is -3.74. The van der Waals surface area contributed by atoms with E-state index < -0.39 is 49.0 Å². The lowest BCUT2D eigenvalue weighted by Crippen LogP contribution is -2.37. The third-order valence-corrected chi connectivity index (χ3v) is 2.14. The number of carboxylic acids is 1. The summed E-state index contributed by atoms with van der Waals surface area (Å²) in [6, 6.07) is 0.839. The van der Waals surface area contributed by atoms with Crippen LogP contribution in [0.5, 0.6) is 0 Å². The molecule has 0 aliphatic rings. The molecule has 0 aliphatic heterocycles. The van der Waals surface area contributed by atoms with Crippen LogP contribution in [-0.2, 0) is 0 Å². The van der Waals surface area contributed by atoms with Crippen LogP contribution in [-0.4, -0.2) is 47.0 Å². The second kappa shape index (κ2) is 5.83. The van der Waals surface area contributed by atoms with Crippen LogP contribution in [0.15, 0.2) is 12.3 Å². The fraction of sp³-hybridized carbons (Fsp3) is 0.400. The Labute approximate surface area is 105 Å². The summed E-state index contributed by atoms with van der Waals surface area (Å²) in [5, 5.41) is 17.4. The highest BCUT2D eigenvalue weighted by Crippen LogP contribution is 2.24. The Kier molecular flexibility index (Phi) is 4.65. The van der Waals surface area contributed by atoms with Crippen LogP contribution in [0.25, 0.3) is 0 Å². The predicted molar refractivity (Wildman–Crippen MR) is 56.5 cm³/mol. The fourth-order valence-electron chi connectivity index (χ4n) is 1.42.